The Labute approximate surface area is 102 Å². The summed E-state index contributed by atoms with van der Waals surface area (Å²) in [5.41, 5.74) is 8.29. The van der Waals surface area contributed by atoms with Crippen LogP contribution in [0.4, 0.5) is 5.69 Å². The minimum Gasteiger partial charge on any atom is -0.460 e. The average molecular weight is 237 g/mol. The minimum atomic E-state index is -0.285. The molecular formula is C13H19NO3. The van der Waals surface area contributed by atoms with Crippen molar-refractivity contribution >= 4 is 11.7 Å². The van der Waals surface area contributed by atoms with Gasteiger partial charge in [-0.2, -0.15) is 0 Å². The Kier molecular flexibility index (Phi) is 4.97. The number of carbonyl (C=O) groups is 1. The molecule has 4 nitrogen and oxygen atoms in total. The number of nitrogens with two attached hydrogens (primary N) is 1. The zero-order chi connectivity index (χ0) is 12.8. The predicted molar refractivity (Wildman–Crippen MR) is 66.7 cm³/mol. The van der Waals surface area contributed by atoms with Gasteiger partial charge in [0.25, 0.3) is 0 Å². The zero-order valence-corrected chi connectivity index (χ0v) is 10.5. The lowest BCUT2D eigenvalue weighted by Crippen LogP contribution is -2.21. The Morgan fingerprint density at radius 2 is 2.18 bits per heavy atom. The van der Waals surface area contributed by atoms with Gasteiger partial charge in [0.1, 0.15) is 6.10 Å². The van der Waals surface area contributed by atoms with Crippen LogP contribution in [0.1, 0.15) is 18.1 Å². The fourth-order valence-corrected chi connectivity index (χ4v) is 1.58. The van der Waals surface area contributed by atoms with Crippen molar-refractivity contribution in [2.45, 2.75) is 26.4 Å². The molecule has 4 heteroatoms. The quantitative estimate of drug-likeness (QED) is 0.625. The van der Waals surface area contributed by atoms with E-state index in [4.69, 9.17) is 15.2 Å². The largest absolute Gasteiger partial charge is 0.460 e. The van der Waals surface area contributed by atoms with E-state index in [-0.39, 0.29) is 18.5 Å². The maximum absolute atomic E-state index is 11.6. The number of ether oxygens (including phenoxy) is 2. The number of benzene rings is 1. The maximum Gasteiger partial charge on any atom is 0.310 e. The molecule has 17 heavy (non-hydrogen) atoms. The molecule has 0 aliphatic heterocycles. The lowest BCUT2D eigenvalue weighted by Gasteiger charge is -2.13. The van der Waals surface area contributed by atoms with Gasteiger partial charge in [0.2, 0.25) is 0 Å². The second-order valence-electron chi connectivity index (χ2n) is 4.13. The van der Waals surface area contributed by atoms with E-state index < -0.39 is 0 Å². The molecule has 1 aromatic rings. The number of carbonyl (C=O) groups excluding carboxylic acids is 1. The van der Waals surface area contributed by atoms with Crippen molar-refractivity contribution in [3.8, 4) is 0 Å². The maximum atomic E-state index is 11.6. The molecule has 94 valence electrons. The van der Waals surface area contributed by atoms with Crippen molar-refractivity contribution in [3.05, 3.63) is 29.3 Å². The van der Waals surface area contributed by atoms with Gasteiger partial charge in [-0.3, -0.25) is 4.79 Å². The van der Waals surface area contributed by atoms with Crippen molar-refractivity contribution < 1.29 is 14.3 Å². The molecule has 2 N–H and O–H groups in total. The van der Waals surface area contributed by atoms with Gasteiger partial charge in [0, 0.05) is 12.8 Å². The lowest BCUT2D eigenvalue weighted by molar-refractivity contribution is -0.149. The van der Waals surface area contributed by atoms with Crippen LogP contribution < -0.4 is 5.73 Å². The van der Waals surface area contributed by atoms with E-state index in [1.807, 2.05) is 19.1 Å². The van der Waals surface area contributed by atoms with Crippen LogP contribution in [0.3, 0.4) is 0 Å². The lowest BCUT2D eigenvalue weighted by atomic mass is 10.1. The molecule has 0 amide bonds. The average Bonchev–Trinajstić information content (AvgIpc) is 2.23. The van der Waals surface area contributed by atoms with Crippen molar-refractivity contribution in [1.82, 2.24) is 0 Å². The van der Waals surface area contributed by atoms with Gasteiger partial charge < -0.3 is 15.2 Å². The van der Waals surface area contributed by atoms with Gasteiger partial charge in [-0.25, -0.2) is 0 Å². The van der Waals surface area contributed by atoms with Crippen LogP contribution in [0.5, 0.6) is 0 Å². The minimum absolute atomic E-state index is 0.196. The number of nitrogen functional groups attached to an aromatic ring is 1. The molecule has 0 radical (unpaired) electrons. The monoisotopic (exact) mass is 237 g/mol. The number of hydrogen-bond donors (Lipinski definition) is 1. The summed E-state index contributed by atoms with van der Waals surface area (Å²) in [6, 6.07) is 5.62. The van der Waals surface area contributed by atoms with Crippen LogP contribution in [0.25, 0.3) is 0 Å². The first kappa shape index (κ1) is 13.5. The highest BCUT2D eigenvalue weighted by atomic mass is 16.6. The van der Waals surface area contributed by atoms with Gasteiger partial charge in [0.15, 0.2) is 0 Å². The number of esters is 1. The summed E-state index contributed by atoms with van der Waals surface area (Å²) in [7, 11) is 1.57. The third kappa shape index (κ3) is 4.44. The molecule has 0 aliphatic carbocycles. The molecule has 0 bridgehead atoms. The van der Waals surface area contributed by atoms with Crippen LogP contribution in [-0.4, -0.2) is 25.8 Å². The molecule has 1 unspecified atom stereocenters. The summed E-state index contributed by atoms with van der Waals surface area (Å²) in [4.78, 5) is 11.6. The molecule has 0 saturated carbocycles. The molecule has 0 heterocycles. The number of hydrogen-bond acceptors (Lipinski definition) is 4. The summed E-state index contributed by atoms with van der Waals surface area (Å²) < 4.78 is 10.1. The molecule has 0 fully saturated rings. The standard InChI is InChI=1S/C13H19NO3/c1-9-4-5-12(14)11(6-9)7-13(15)17-10(2)8-16-3/h4-6,10H,7-8,14H2,1-3H3. The number of methoxy groups -OCH3 is 1. The highest BCUT2D eigenvalue weighted by molar-refractivity contribution is 5.75. The highest BCUT2D eigenvalue weighted by Gasteiger charge is 2.11. The Bertz CT molecular complexity index is 390. The first-order valence-electron chi connectivity index (χ1n) is 5.56. The van der Waals surface area contributed by atoms with E-state index in [0.717, 1.165) is 11.1 Å². The Hall–Kier alpha value is -1.55. The summed E-state index contributed by atoms with van der Waals surface area (Å²) in [6.07, 6.45) is -0.0415. The number of rotatable bonds is 5. The SMILES string of the molecule is COCC(C)OC(=O)Cc1cc(C)ccc1N. The normalized spacial score (nSPS) is 12.2. The molecule has 0 aliphatic rings. The molecule has 0 saturated heterocycles. The zero-order valence-electron chi connectivity index (χ0n) is 10.5. The van der Waals surface area contributed by atoms with Gasteiger partial charge in [-0.1, -0.05) is 17.7 Å². The third-order valence-electron chi connectivity index (χ3n) is 2.37. The topological polar surface area (TPSA) is 61.5 Å². The second-order valence-corrected chi connectivity index (χ2v) is 4.13. The fourth-order valence-electron chi connectivity index (χ4n) is 1.58. The number of aryl methyl sites for hydroxylation is 1. The third-order valence-corrected chi connectivity index (χ3v) is 2.37. The first-order chi connectivity index (χ1) is 8.02. The summed E-state index contributed by atoms with van der Waals surface area (Å²) in [5.74, 6) is -0.285. The smallest absolute Gasteiger partial charge is 0.310 e. The van der Waals surface area contributed by atoms with Crippen LogP contribution in [-0.2, 0) is 20.7 Å². The fraction of sp³-hybridized carbons (Fsp3) is 0.462. The van der Waals surface area contributed by atoms with Crippen molar-refractivity contribution in [2.24, 2.45) is 0 Å². The molecule has 1 rings (SSSR count). The van der Waals surface area contributed by atoms with E-state index in [1.165, 1.54) is 0 Å². The van der Waals surface area contributed by atoms with Gasteiger partial charge in [0.05, 0.1) is 13.0 Å². The molecule has 0 spiro atoms. The van der Waals surface area contributed by atoms with Crippen LogP contribution in [0, 0.1) is 6.92 Å². The van der Waals surface area contributed by atoms with Crippen LogP contribution in [0.15, 0.2) is 18.2 Å². The second kappa shape index (κ2) is 6.25. The first-order valence-corrected chi connectivity index (χ1v) is 5.56. The van der Waals surface area contributed by atoms with Gasteiger partial charge >= 0.3 is 5.97 Å². The Balaban J connectivity index is 2.58. The molecule has 0 aromatic heterocycles. The molecule has 1 atom stereocenters. The van der Waals surface area contributed by atoms with Crippen LogP contribution in [0.2, 0.25) is 0 Å². The summed E-state index contributed by atoms with van der Waals surface area (Å²) in [5, 5.41) is 0. The van der Waals surface area contributed by atoms with Gasteiger partial charge in [-0.05, 0) is 25.5 Å². The van der Waals surface area contributed by atoms with E-state index in [1.54, 1.807) is 20.1 Å². The summed E-state index contributed by atoms with van der Waals surface area (Å²) in [6.45, 7) is 4.15. The van der Waals surface area contributed by atoms with Crippen molar-refractivity contribution in [2.75, 3.05) is 19.5 Å². The van der Waals surface area contributed by atoms with E-state index >= 15 is 0 Å². The molecule has 1 aromatic carbocycles. The predicted octanol–water partition coefficient (Wildman–Crippen LogP) is 1.70. The van der Waals surface area contributed by atoms with Gasteiger partial charge in [-0.15, -0.1) is 0 Å². The number of anilines is 1. The van der Waals surface area contributed by atoms with E-state index in [2.05, 4.69) is 0 Å². The summed E-state index contributed by atoms with van der Waals surface area (Å²) >= 11 is 0. The van der Waals surface area contributed by atoms with Crippen LogP contribution >= 0.6 is 0 Å². The Morgan fingerprint density at radius 1 is 1.47 bits per heavy atom. The van der Waals surface area contributed by atoms with Crippen molar-refractivity contribution in [1.29, 1.82) is 0 Å². The van der Waals surface area contributed by atoms with Crippen molar-refractivity contribution in [3.63, 3.8) is 0 Å². The van der Waals surface area contributed by atoms with E-state index in [9.17, 15) is 4.79 Å². The van der Waals surface area contributed by atoms with E-state index in [0.29, 0.717) is 12.3 Å². The highest BCUT2D eigenvalue weighted by Crippen LogP contribution is 2.15. The Morgan fingerprint density at radius 3 is 2.82 bits per heavy atom. The molecular weight excluding hydrogens is 218 g/mol.